The van der Waals surface area contributed by atoms with Crippen LogP contribution in [0.3, 0.4) is 0 Å². The Morgan fingerprint density at radius 2 is 1.91 bits per heavy atom. The van der Waals surface area contributed by atoms with Gasteiger partial charge in [0.25, 0.3) is 0 Å². The number of ether oxygens (including phenoxy) is 2. The van der Waals surface area contributed by atoms with Crippen LogP contribution in [0.4, 0.5) is 5.82 Å². The van der Waals surface area contributed by atoms with Gasteiger partial charge in [0.15, 0.2) is 33.6 Å². The van der Waals surface area contributed by atoms with Crippen LogP contribution in [-0.4, -0.2) is 57.1 Å². The molecule has 5 rings (SSSR count). The molecule has 0 saturated carbocycles. The van der Waals surface area contributed by atoms with Gasteiger partial charge in [-0.3, -0.25) is 5.10 Å². The van der Waals surface area contributed by atoms with E-state index in [4.69, 9.17) is 25.3 Å². The SMILES string of the molecule is Nc1ncnc2c1nc(Sc1cc3c(cc1-c1cc[nH]n1)OCCO3)n2CCCCCS(N)(=O)=O. The Morgan fingerprint density at radius 1 is 1.11 bits per heavy atom. The predicted molar refractivity (Wildman–Crippen MR) is 131 cm³/mol. The molecule has 0 bridgehead atoms. The van der Waals surface area contributed by atoms with Crippen LogP contribution in [0.25, 0.3) is 22.4 Å². The second-order valence-corrected chi connectivity index (χ2v) is 10.7. The number of hydrogen-bond donors (Lipinski definition) is 3. The summed E-state index contributed by atoms with van der Waals surface area (Å²) in [6.45, 7) is 1.53. The number of imidazole rings is 1. The van der Waals surface area contributed by atoms with Gasteiger partial charge in [-0.2, -0.15) is 5.10 Å². The molecule has 4 aromatic rings. The molecule has 12 nitrogen and oxygen atoms in total. The molecule has 0 aliphatic carbocycles. The molecule has 5 N–H and O–H groups in total. The second-order valence-electron chi connectivity index (χ2n) is 7.96. The number of aryl methyl sites for hydroxylation is 1. The van der Waals surface area contributed by atoms with Gasteiger partial charge in [0.05, 0.1) is 11.4 Å². The van der Waals surface area contributed by atoms with Crippen LogP contribution in [0.2, 0.25) is 0 Å². The smallest absolute Gasteiger partial charge is 0.209 e. The summed E-state index contributed by atoms with van der Waals surface area (Å²) in [7, 11) is -3.47. The van der Waals surface area contributed by atoms with Gasteiger partial charge in [0.1, 0.15) is 19.5 Å². The zero-order valence-corrected chi connectivity index (χ0v) is 20.3. The number of benzene rings is 1. The quantitative estimate of drug-likeness (QED) is 0.279. The average Bonchev–Trinajstić information content (AvgIpc) is 3.47. The maximum Gasteiger partial charge on any atom is 0.209 e. The van der Waals surface area contributed by atoms with Gasteiger partial charge >= 0.3 is 0 Å². The van der Waals surface area contributed by atoms with Gasteiger partial charge in [0, 0.05) is 23.2 Å². The number of nitrogens with two attached hydrogens (primary N) is 2. The highest BCUT2D eigenvalue weighted by atomic mass is 32.2. The Balaban J connectivity index is 1.49. The molecule has 14 heteroatoms. The molecular formula is C21H24N8O4S2. The van der Waals surface area contributed by atoms with Gasteiger partial charge in [-0.05, 0) is 31.0 Å². The van der Waals surface area contributed by atoms with E-state index in [1.807, 2.05) is 22.8 Å². The highest BCUT2D eigenvalue weighted by Crippen LogP contribution is 2.43. The van der Waals surface area contributed by atoms with E-state index in [2.05, 4.69) is 20.2 Å². The molecule has 1 aliphatic rings. The van der Waals surface area contributed by atoms with Crippen LogP contribution in [0, 0.1) is 0 Å². The van der Waals surface area contributed by atoms with Gasteiger partial charge in [-0.1, -0.05) is 18.2 Å². The summed E-state index contributed by atoms with van der Waals surface area (Å²) >= 11 is 1.44. The highest BCUT2D eigenvalue weighted by molar-refractivity contribution is 7.99. The van der Waals surface area contributed by atoms with E-state index < -0.39 is 10.0 Å². The minimum atomic E-state index is -3.47. The summed E-state index contributed by atoms with van der Waals surface area (Å²) in [6.07, 6.45) is 5.05. The van der Waals surface area contributed by atoms with E-state index >= 15 is 0 Å². The van der Waals surface area contributed by atoms with Crippen molar-refractivity contribution in [3.05, 3.63) is 30.7 Å². The molecule has 0 radical (unpaired) electrons. The second kappa shape index (κ2) is 9.71. The summed E-state index contributed by atoms with van der Waals surface area (Å²) in [5.74, 6) is 1.57. The third kappa shape index (κ3) is 5.18. The van der Waals surface area contributed by atoms with Crippen molar-refractivity contribution < 1.29 is 17.9 Å². The van der Waals surface area contributed by atoms with Crippen LogP contribution in [0.15, 0.2) is 40.8 Å². The molecular weight excluding hydrogens is 492 g/mol. The monoisotopic (exact) mass is 516 g/mol. The van der Waals surface area contributed by atoms with E-state index in [9.17, 15) is 8.42 Å². The molecule has 0 fully saturated rings. The fourth-order valence-corrected chi connectivity index (χ4v) is 5.49. The van der Waals surface area contributed by atoms with Crippen molar-refractivity contribution in [3.8, 4) is 22.8 Å². The Hall–Kier alpha value is -3.36. The molecule has 0 spiro atoms. The molecule has 0 atom stereocenters. The fraction of sp³-hybridized carbons (Fsp3) is 0.333. The van der Waals surface area contributed by atoms with Crippen LogP contribution < -0.4 is 20.3 Å². The molecule has 184 valence electrons. The number of nitrogen functional groups attached to an aromatic ring is 1. The van der Waals surface area contributed by atoms with Gasteiger partial charge < -0.3 is 19.8 Å². The van der Waals surface area contributed by atoms with Crippen LogP contribution in [0.1, 0.15) is 19.3 Å². The van der Waals surface area contributed by atoms with E-state index in [-0.39, 0.29) is 5.75 Å². The third-order valence-electron chi connectivity index (χ3n) is 5.46. The maximum atomic E-state index is 11.2. The number of primary sulfonamides is 1. The normalized spacial score (nSPS) is 13.4. The van der Waals surface area contributed by atoms with E-state index in [1.54, 1.807) is 6.20 Å². The molecule has 1 aromatic carbocycles. The van der Waals surface area contributed by atoms with Crippen molar-refractivity contribution in [1.29, 1.82) is 0 Å². The number of sulfonamides is 1. The Morgan fingerprint density at radius 3 is 2.66 bits per heavy atom. The predicted octanol–water partition coefficient (Wildman–Crippen LogP) is 2.18. The van der Waals surface area contributed by atoms with Crippen molar-refractivity contribution >= 4 is 38.8 Å². The highest BCUT2D eigenvalue weighted by Gasteiger charge is 2.22. The largest absolute Gasteiger partial charge is 0.486 e. The Bertz CT molecular complexity index is 1450. The standard InChI is InChI=1S/C21H24N8O4S2/c22-19-18-20(25-12-24-19)29(6-2-1-3-9-35(23,30)31)21(27-18)34-17-11-16-15(32-7-8-33-16)10-13(17)14-4-5-26-28-14/h4-5,10-12H,1-3,6-9H2,(H,26,28)(H2,22,24,25)(H2,23,30,31). The molecule has 0 unspecified atom stereocenters. The summed E-state index contributed by atoms with van der Waals surface area (Å²) in [5, 5.41) is 13.0. The fourth-order valence-electron chi connectivity index (χ4n) is 3.83. The van der Waals surface area contributed by atoms with Gasteiger partial charge in [-0.15, -0.1) is 0 Å². The molecule has 3 aromatic heterocycles. The number of aromatic nitrogens is 6. The number of fused-ring (bicyclic) bond motifs is 2. The Labute approximate surface area is 205 Å². The molecule has 35 heavy (non-hydrogen) atoms. The van der Waals surface area contributed by atoms with Gasteiger partial charge in [0.2, 0.25) is 10.0 Å². The maximum absolute atomic E-state index is 11.2. The number of aromatic amines is 1. The lowest BCUT2D eigenvalue weighted by molar-refractivity contribution is 0.171. The number of rotatable bonds is 9. The van der Waals surface area contributed by atoms with Crippen LogP contribution in [-0.2, 0) is 16.6 Å². The summed E-state index contributed by atoms with van der Waals surface area (Å²) in [4.78, 5) is 14.1. The zero-order valence-electron chi connectivity index (χ0n) is 18.7. The minimum Gasteiger partial charge on any atom is -0.486 e. The number of anilines is 1. The lowest BCUT2D eigenvalue weighted by Gasteiger charge is -2.20. The molecule has 1 aliphatic heterocycles. The van der Waals surface area contributed by atoms with Crippen molar-refractivity contribution in [2.24, 2.45) is 5.14 Å². The lowest BCUT2D eigenvalue weighted by Crippen LogP contribution is -2.16. The van der Waals surface area contributed by atoms with Crippen molar-refractivity contribution in [2.45, 2.75) is 35.9 Å². The average molecular weight is 517 g/mol. The first-order chi connectivity index (χ1) is 16.9. The van der Waals surface area contributed by atoms with E-state index in [0.29, 0.717) is 72.7 Å². The minimum absolute atomic E-state index is 0.0430. The topological polar surface area (TPSA) is 177 Å². The van der Waals surface area contributed by atoms with Crippen LogP contribution in [0.5, 0.6) is 11.5 Å². The number of nitrogens with one attached hydrogen (secondary N) is 1. The molecule has 0 amide bonds. The third-order valence-corrected chi connectivity index (χ3v) is 7.37. The van der Waals surface area contributed by atoms with Gasteiger partial charge in [-0.25, -0.2) is 28.5 Å². The van der Waals surface area contributed by atoms with Crippen molar-refractivity contribution in [1.82, 2.24) is 29.7 Å². The first-order valence-corrected chi connectivity index (χ1v) is 13.5. The number of nitrogens with zero attached hydrogens (tertiary/aromatic N) is 5. The number of hydrogen-bond acceptors (Lipinski definition) is 10. The lowest BCUT2D eigenvalue weighted by atomic mass is 10.1. The van der Waals surface area contributed by atoms with E-state index in [0.717, 1.165) is 16.2 Å². The molecule has 4 heterocycles. The van der Waals surface area contributed by atoms with E-state index in [1.165, 1.54) is 18.1 Å². The number of unbranched alkanes of at least 4 members (excludes halogenated alkanes) is 2. The first kappa shape index (κ1) is 23.4. The Kier molecular flexibility index (Phi) is 6.49. The van der Waals surface area contributed by atoms with Crippen molar-refractivity contribution in [3.63, 3.8) is 0 Å². The summed E-state index contributed by atoms with van der Waals surface area (Å²) in [5.41, 5.74) is 8.84. The summed E-state index contributed by atoms with van der Waals surface area (Å²) < 4.78 is 36.0. The molecule has 0 saturated heterocycles. The summed E-state index contributed by atoms with van der Waals surface area (Å²) in [6, 6.07) is 5.73. The zero-order chi connectivity index (χ0) is 24.4. The van der Waals surface area contributed by atoms with Crippen molar-refractivity contribution in [2.75, 3.05) is 24.7 Å². The first-order valence-electron chi connectivity index (χ1n) is 11.0. The number of H-pyrrole nitrogens is 1. The van der Waals surface area contributed by atoms with Crippen LogP contribution >= 0.6 is 11.8 Å².